The van der Waals surface area contributed by atoms with Crippen LogP contribution in [0.5, 0.6) is 11.5 Å². The Balaban J connectivity index is 1.70. The van der Waals surface area contributed by atoms with E-state index in [0.29, 0.717) is 18.0 Å². The van der Waals surface area contributed by atoms with Crippen molar-refractivity contribution >= 4 is 16.7 Å². The monoisotopic (exact) mass is 350 g/mol. The summed E-state index contributed by atoms with van der Waals surface area (Å²) in [4.78, 5) is 18.5. The maximum atomic E-state index is 12.7. The average Bonchev–Trinajstić information content (AvgIpc) is 2.67. The predicted molar refractivity (Wildman–Crippen MR) is 101 cm³/mol. The molecular formula is C21H22N2O3. The number of nitrogens with zero attached hydrogens (tertiary/aromatic N) is 2. The first kappa shape index (κ1) is 17.7. The van der Waals surface area contributed by atoms with Crippen molar-refractivity contribution in [1.29, 1.82) is 0 Å². The highest BCUT2D eigenvalue weighted by atomic mass is 16.5. The Morgan fingerprint density at radius 2 is 1.92 bits per heavy atom. The second kappa shape index (κ2) is 7.87. The van der Waals surface area contributed by atoms with Crippen molar-refractivity contribution < 1.29 is 14.3 Å². The summed E-state index contributed by atoms with van der Waals surface area (Å²) >= 11 is 0. The molecule has 0 radical (unpaired) electrons. The summed E-state index contributed by atoms with van der Waals surface area (Å²) in [6, 6.07) is 15.2. The van der Waals surface area contributed by atoms with Gasteiger partial charge in [0.25, 0.3) is 5.91 Å². The first-order chi connectivity index (χ1) is 12.6. The van der Waals surface area contributed by atoms with Crippen LogP contribution in [0, 0.1) is 0 Å². The van der Waals surface area contributed by atoms with Gasteiger partial charge >= 0.3 is 0 Å². The number of fused-ring (bicyclic) bond motifs is 1. The van der Waals surface area contributed by atoms with Crippen molar-refractivity contribution in [2.45, 2.75) is 19.6 Å². The van der Waals surface area contributed by atoms with Crippen molar-refractivity contribution in [2.24, 2.45) is 0 Å². The molecule has 0 aliphatic heterocycles. The van der Waals surface area contributed by atoms with Crippen LogP contribution in [0.15, 0.2) is 60.9 Å². The van der Waals surface area contributed by atoms with Crippen molar-refractivity contribution in [2.75, 3.05) is 14.2 Å². The summed E-state index contributed by atoms with van der Waals surface area (Å²) in [5, 5.41) is 2.16. The third kappa shape index (κ3) is 3.94. The Morgan fingerprint density at radius 1 is 1.15 bits per heavy atom. The van der Waals surface area contributed by atoms with Gasteiger partial charge in [-0.05, 0) is 36.1 Å². The third-order valence-corrected chi connectivity index (χ3v) is 4.26. The van der Waals surface area contributed by atoms with E-state index < -0.39 is 6.10 Å². The summed E-state index contributed by atoms with van der Waals surface area (Å²) in [6.45, 7) is 2.26. The number of rotatable bonds is 6. The predicted octanol–water partition coefficient (Wildman–Crippen LogP) is 3.67. The molecule has 1 amide bonds. The van der Waals surface area contributed by atoms with Crippen LogP contribution in [-0.2, 0) is 11.3 Å². The molecule has 5 heteroatoms. The highest BCUT2D eigenvalue weighted by Crippen LogP contribution is 2.22. The van der Waals surface area contributed by atoms with Crippen LogP contribution in [-0.4, -0.2) is 36.1 Å². The van der Waals surface area contributed by atoms with Gasteiger partial charge in [0.1, 0.15) is 11.5 Å². The number of pyridine rings is 1. The largest absolute Gasteiger partial charge is 0.497 e. The SMILES string of the molecule is COc1cccc(O[C@@H](C)C(=O)N(C)Cc2cccc3cnccc23)c1. The summed E-state index contributed by atoms with van der Waals surface area (Å²) in [7, 11) is 3.38. The number of aromatic nitrogens is 1. The summed E-state index contributed by atoms with van der Waals surface area (Å²) in [5.41, 5.74) is 1.08. The first-order valence-electron chi connectivity index (χ1n) is 8.46. The van der Waals surface area contributed by atoms with Crippen LogP contribution in [0.3, 0.4) is 0 Å². The van der Waals surface area contributed by atoms with Crippen molar-refractivity contribution in [1.82, 2.24) is 9.88 Å². The van der Waals surface area contributed by atoms with E-state index in [4.69, 9.17) is 9.47 Å². The summed E-state index contributed by atoms with van der Waals surface area (Å²) in [6.07, 6.45) is 3.00. The number of carbonyl (C=O) groups excluding carboxylic acids is 1. The minimum absolute atomic E-state index is 0.0844. The van der Waals surface area contributed by atoms with Crippen LogP contribution in [0.1, 0.15) is 12.5 Å². The van der Waals surface area contributed by atoms with E-state index in [1.807, 2.05) is 48.7 Å². The van der Waals surface area contributed by atoms with Gasteiger partial charge in [0, 0.05) is 37.4 Å². The molecule has 0 aliphatic rings. The molecule has 0 fully saturated rings. The second-order valence-corrected chi connectivity index (χ2v) is 6.15. The fraction of sp³-hybridized carbons (Fsp3) is 0.238. The van der Waals surface area contributed by atoms with Crippen molar-refractivity contribution in [3.05, 3.63) is 66.5 Å². The highest BCUT2D eigenvalue weighted by molar-refractivity contribution is 5.86. The Kier molecular flexibility index (Phi) is 5.37. The molecule has 0 saturated carbocycles. The number of amides is 1. The maximum absolute atomic E-state index is 12.7. The Labute approximate surface area is 153 Å². The molecular weight excluding hydrogens is 328 g/mol. The number of benzene rings is 2. The zero-order chi connectivity index (χ0) is 18.5. The molecule has 1 aromatic heterocycles. The van der Waals surface area contributed by atoms with Gasteiger partial charge in [0.2, 0.25) is 0 Å². The molecule has 3 rings (SSSR count). The van der Waals surface area contributed by atoms with Gasteiger partial charge in [-0.25, -0.2) is 0 Å². The van der Waals surface area contributed by atoms with Crippen LogP contribution in [0.4, 0.5) is 0 Å². The molecule has 0 N–H and O–H groups in total. The lowest BCUT2D eigenvalue weighted by molar-refractivity contribution is -0.137. The van der Waals surface area contributed by atoms with Crippen LogP contribution < -0.4 is 9.47 Å². The Hall–Kier alpha value is -3.08. The molecule has 0 bridgehead atoms. The highest BCUT2D eigenvalue weighted by Gasteiger charge is 2.20. The quantitative estimate of drug-likeness (QED) is 0.681. The Bertz CT molecular complexity index is 905. The van der Waals surface area contributed by atoms with Crippen LogP contribution in [0.25, 0.3) is 10.8 Å². The van der Waals surface area contributed by atoms with Crippen LogP contribution in [0.2, 0.25) is 0 Å². The third-order valence-electron chi connectivity index (χ3n) is 4.26. The molecule has 5 nitrogen and oxygen atoms in total. The fourth-order valence-corrected chi connectivity index (χ4v) is 2.90. The van der Waals surface area contributed by atoms with Gasteiger partial charge in [-0.15, -0.1) is 0 Å². The zero-order valence-electron chi connectivity index (χ0n) is 15.2. The average molecular weight is 350 g/mol. The van der Waals surface area contributed by atoms with Gasteiger partial charge < -0.3 is 14.4 Å². The van der Waals surface area contributed by atoms with Crippen LogP contribution >= 0.6 is 0 Å². The van der Waals surface area contributed by atoms with Crippen molar-refractivity contribution in [3.63, 3.8) is 0 Å². The minimum atomic E-state index is -0.594. The van der Waals surface area contributed by atoms with E-state index in [1.165, 1.54) is 0 Å². The van der Waals surface area contributed by atoms with Gasteiger partial charge in [-0.3, -0.25) is 9.78 Å². The number of hydrogen-bond donors (Lipinski definition) is 0. The Morgan fingerprint density at radius 3 is 2.73 bits per heavy atom. The molecule has 26 heavy (non-hydrogen) atoms. The molecule has 0 unspecified atom stereocenters. The molecule has 0 spiro atoms. The molecule has 0 saturated heterocycles. The lowest BCUT2D eigenvalue weighted by atomic mass is 10.1. The zero-order valence-corrected chi connectivity index (χ0v) is 15.2. The normalized spacial score (nSPS) is 11.8. The van der Waals surface area contributed by atoms with Gasteiger partial charge in [-0.1, -0.05) is 24.3 Å². The topological polar surface area (TPSA) is 51.7 Å². The van der Waals surface area contributed by atoms with Gasteiger partial charge in [0.15, 0.2) is 6.10 Å². The standard InChI is InChI=1S/C21H22N2O3/c1-15(26-19-9-5-8-18(12-19)25-3)21(24)23(2)14-17-7-4-6-16-13-22-11-10-20(16)17/h4-13,15H,14H2,1-3H3/t15-/m0/s1. The number of ether oxygens (including phenoxy) is 2. The number of hydrogen-bond acceptors (Lipinski definition) is 4. The maximum Gasteiger partial charge on any atom is 0.263 e. The van der Waals surface area contributed by atoms with Gasteiger partial charge in [-0.2, -0.15) is 0 Å². The fourth-order valence-electron chi connectivity index (χ4n) is 2.90. The number of methoxy groups -OCH3 is 1. The lowest BCUT2D eigenvalue weighted by Gasteiger charge is -2.23. The molecule has 1 heterocycles. The molecule has 0 aliphatic carbocycles. The van der Waals surface area contributed by atoms with E-state index in [-0.39, 0.29) is 5.91 Å². The molecule has 3 aromatic rings. The number of carbonyl (C=O) groups is 1. The minimum Gasteiger partial charge on any atom is -0.497 e. The first-order valence-corrected chi connectivity index (χ1v) is 8.46. The molecule has 2 aromatic carbocycles. The van der Waals surface area contributed by atoms with E-state index in [9.17, 15) is 4.79 Å². The number of likely N-dealkylation sites (N-methyl/N-ethyl adjacent to an activating group) is 1. The molecule has 1 atom stereocenters. The van der Waals surface area contributed by atoms with E-state index in [0.717, 1.165) is 16.3 Å². The smallest absolute Gasteiger partial charge is 0.263 e. The summed E-state index contributed by atoms with van der Waals surface area (Å²) < 4.78 is 11.0. The van der Waals surface area contributed by atoms with E-state index in [1.54, 1.807) is 38.2 Å². The second-order valence-electron chi connectivity index (χ2n) is 6.15. The van der Waals surface area contributed by atoms with E-state index in [2.05, 4.69) is 4.98 Å². The van der Waals surface area contributed by atoms with Gasteiger partial charge in [0.05, 0.1) is 7.11 Å². The summed E-state index contributed by atoms with van der Waals surface area (Å²) in [5.74, 6) is 1.22. The lowest BCUT2D eigenvalue weighted by Crippen LogP contribution is -2.37. The van der Waals surface area contributed by atoms with E-state index >= 15 is 0 Å². The van der Waals surface area contributed by atoms with Crippen molar-refractivity contribution in [3.8, 4) is 11.5 Å². The molecule has 134 valence electrons.